The average Bonchev–Trinajstić information content (AvgIpc) is 2.55. The molecule has 0 unspecified atom stereocenters. The summed E-state index contributed by atoms with van der Waals surface area (Å²) in [5.74, 6) is 0.104. The number of benzene rings is 1. The zero-order valence-corrected chi connectivity index (χ0v) is 13.7. The molecule has 0 saturated heterocycles. The summed E-state index contributed by atoms with van der Waals surface area (Å²) >= 11 is 1.22. The Morgan fingerprint density at radius 1 is 1.43 bits per heavy atom. The summed E-state index contributed by atoms with van der Waals surface area (Å²) in [5.41, 5.74) is 6.96. The highest BCUT2D eigenvalue weighted by Gasteiger charge is 2.20. The third-order valence-corrected chi connectivity index (χ3v) is 4.15. The van der Waals surface area contributed by atoms with Gasteiger partial charge in [0.15, 0.2) is 5.16 Å². The molecule has 1 atom stereocenters. The van der Waals surface area contributed by atoms with Crippen molar-refractivity contribution in [1.29, 1.82) is 5.26 Å². The molecule has 1 aromatic heterocycles. The van der Waals surface area contributed by atoms with Crippen LogP contribution in [0, 0.1) is 11.3 Å². The predicted octanol–water partition coefficient (Wildman–Crippen LogP) is 2.07. The van der Waals surface area contributed by atoms with Crippen molar-refractivity contribution in [3.63, 3.8) is 0 Å². The van der Waals surface area contributed by atoms with Crippen molar-refractivity contribution in [2.45, 2.75) is 23.9 Å². The average molecular weight is 327 g/mol. The maximum atomic E-state index is 12.4. The predicted molar refractivity (Wildman–Crippen MR) is 89.4 cm³/mol. The molecule has 2 aromatic rings. The molecule has 0 fully saturated rings. The molecule has 1 amide bonds. The summed E-state index contributed by atoms with van der Waals surface area (Å²) in [6.45, 7) is 2.34. The number of hydrogen-bond acceptors (Lipinski definition) is 6. The third kappa shape index (κ3) is 4.44. The largest absolute Gasteiger partial charge is 0.382 e. The quantitative estimate of drug-likeness (QED) is 0.667. The van der Waals surface area contributed by atoms with E-state index >= 15 is 0 Å². The molecule has 6 nitrogen and oxygen atoms in total. The van der Waals surface area contributed by atoms with Crippen molar-refractivity contribution in [1.82, 2.24) is 14.9 Å². The first kappa shape index (κ1) is 16.8. The molecule has 0 saturated carbocycles. The number of carbonyl (C=O) groups is 1. The van der Waals surface area contributed by atoms with E-state index in [9.17, 15) is 4.79 Å². The van der Waals surface area contributed by atoms with Gasteiger partial charge in [-0.25, -0.2) is 9.97 Å². The second-order valence-electron chi connectivity index (χ2n) is 5.00. The zero-order chi connectivity index (χ0) is 16.8. The van der Waals surface area contributed by atoms with Crippen LogP contribution in [-0.2, 0) is 11.3 Å². The Bertz CT molecular complexity index is 729. The lowest BCUT2D eigenvalue weighted by Gasteiger charge is -2.20. The van der Waals surface area contributed by atoms with Crippen molar-refractivity contribution >= 4 is 23.5 Å². The van der Waals surface area contributed by atoms with Gasteiger partial charge in [0.1, 0.15) is 17.5 Å². The molecule has 0 spiro atoms. The highest BCUT2D eigenvalue weighted by Crippen LogP contribution is 2.22. The van der Waals surface area contributed by atoms with Crippen molar-refractivity contribution in [3.8, 4) is 6.07 Å². The summed E-state index contributed by atoms with van der Waals surface area (Å²) in [6, 6.07) is 11.7. The summed E-state index contributed by atoms with van der Waals surface area (Å²) in [5, 5.41) is 8.85. The molecular formula is C16H17N5OS. The van der Waals surface area contributed by atoms with E-state index in [0.29, 0.717) is 11.7 Å². The van der Waals surface area contributed by atoms with Gasteiger partial charge in [-0.05, 0) is 12.5 Å². The number of nitrogens with zero attached hydrogens (tertiary/aromatic N) is 4. The van der Waals surface area contributed by atoms with Crippen molar-refractivity contribution in [3.05, 3.63) is 47.7 Å². The van der Waals surface area contributed by atoms with E-state index in [2.05, 4.69) is 9.97 Å². The van der Waals surface area contributed by atoms with Crippen molar-refractivity contribution in [2.75, 3.05) is 12.8 Å². The van der Waals surface area contributed by atoms with Crippen LogP contribution in [-0.4, -0.2) is 33.1 Å². The summed E-state index contributed by atoms with van der Waals surface area (Å²) in [4.78, 5) is 22.2. The lowest BCUT2D eigenvalue weighted by Crippen LogP contribution is -2.32. The van der Waals surface area contributed by atoms with Crippen LogP contribution in [0.2, 0.25) is 0 Å². The van der Waals surface area contributed by atoms with Crippen LogP contribution >= 0.6 is 11.8 Å². The molecule has 118 valence electrons. The van der Waals surface area contributed by atoms with Gasteiger partial charge >= 0.3 is 0 Å². The van der Waals surface area contributed by atoms with Gasteiger partial charge < -0.3 is 10.6 Å². The van der Waals surface area contributed by atoms with E-state index < -0.39 is 0 Å². The van der Waals surface area contributed by atoms with Crippen LogP contribution in [0.3, 0.4) is 0 Å². The fourth-order valence-corrected chi connectivity index (χ4v) is 2.84. The maximum Gasteiger partial charge on any atom is 0.235 e. The Hall–Kier alpha value is -2.59. The molecule has 7 heteroatoms. The van der Waals surface area contributed by atoms with Crippen LogP contribution < -0.4 is 5.73 Å². The van der Waals surface area contributed by atoms with Gasteiger partial charge in [0.2, 0.25) is 5.91 Å². The molecule has 0 radical (unpaired) electrons. The lowest BCUT2D eigenvalue weighted by molar-refractivity contribution is -0.129. The van der Waals surface area contributed by atoms with Crippen LogP contribution in [0.1, 0.15) is 18.1 Å². The molecule has 0 aliphatic carbocycles. The van der Waals surface area contributed by atoms with Gasteiger partial charge in [-0.3, -0.25) is 4.79 Å². The molecule has 2 rings (SSSR count). The van der Waals surface area contributed by atoms with E-state index in [1.54, 1.807) is 18.9 Å². The lowest BCUT2D eigenvalue weighted by atomic mass is 10.2. The number of aromatic nitrogens is 2. The fourth-order valence-electron chi connectivity index (χ4n) is 1.98. The monoisotopic (exact) mass is 327 g/mol. The van der Waals surface area contributed by atoms with Gasteiger partial charge in [-0.2, -0.15) is 5.26 Å². The topological polar surface area (TPSA) is 95.9 Å². The SMILES string of the molecule is C[C@@H](Sc1ncc(C#N)c(N)n1)C(=O)N(C)Cc1ccccc1. The minimum Gasteiger partial charge on any atom is -0.382 e. The first-order valence-electron chi connectivity index (χ1n) is 6.99. The Kier molecular flexibility index (Phi) is 5.55. The second kappa shape index (κ2) is 7.61. The zero-order valence-electron chi connectivity index (χ0n) is 12.9. The van der Waals surface area contributed by atoms with E-state index in [1.807, 2.05) is 36.4 Å². The molecule has 2 N–H and O–H groups in total. The molecule has 0 aliphatic rings. The highest BCUT2D eigenvalue weighted by atomic mass is 32.2. The van der Waals surface area contributed by atoms with E-state index in [-0.39, 0.29) is 22.5 Å². The molecular weight excluding hydrogens is 310 g/mol. The standard InChI is InChI=1S/C16H17N5OS/c1-11(23-16-19-9-13(8-17)14(18)20-16)15(22)21(2)10-12-6-4-3-5-7-12/h3-7,9,11H,10H2,1-2H3,(H2,18,19,20)/t11-/m1/s1. The molecule has 1 heterocycles. The van der Waals surface area contributed by atoms with Gasteiger partial charge in [0.05, 0.1) is 11.4 Å². The summed E-state index contributed by atoms with van der Waals surface area (Å²) < 4.78 is 0. The summed E-state index contributed by atoms with van der Waals surface area (Å²) in [7, 11) is 1.76. The van der Waals surface area contributed by atoms with Crippen LogP contribution in [0.4, 0.5) is 5.82 Å². The number of nitrogen functional groups attached to an aromatic ring is 1. The number of thioether (sulfide) groups is 1. The molecule has 1 aromatic carbocycles. The van der Waals surface area contributed by atoms with E-state index in [4.69, 9.17) is 11.0 Å². The number of carbonyl (C=O) groups excluding carboxylic acids is 1. The third-order valence-electron chi connectivity index (χ3n) is 3.19. The summed E-state index contributed by atoms with van der Waals surface area (Å²) in [6.07, 6.45) is 1.37. The van der Waals surface area contributed by atoms with Gasteiger partial charge in [0, 0.05) is 13.6 Å². The van der Waals surface area contributed by atoms with Crippen LogP contribution in [0.25, 0.3) is 0 Å². The van der Waals surface area contributed by atoms with Crippen LogP contribution in [0.5, 0.6) is 0 Å². The number of anilines is 1. The number of nitriles is 1. The van der Waals surface area contributed by atoms with Crippen molar-refractivity contribution in [2.24, 2.45) is 0 Å². The molecule has 0 aliphatic heterocycles. The first-order chi connectivity index (χ1) is 11.0. The van der Waals surface area contributed by atoms with Crippen molar-refractivity contribution < 1.29 is 4.79 Å². The second-order valence-corrected chi connectivity index (χ2v) is 6.31. The molecule has 0 bridgehead atoms. The Morgan fingerprint density at radius 3 is 2.74 bits per heavy atom. The number of rotatable bonds is 5. The smallest absolute Gasteiger partial charge is 0.235 e. The van der Waals surface area contributed by atoms with E-state index in [1.165, 1.54) is 18.0 Å². The first-order valence-corrected chi connectivity index (χ1v) is 7.87. The number of amides is 1. The Balaban J connectivity index is 1.99. The molecule has 23 heavy (non-hydrogen) atoms. The van der Waals surface area contributed by atoms with E-state index in [0.717, 1.165) is 5.56 Å². The Morgan fingerprint density at radius 2 is 2.13 bits per heavy atom. The van der Waals surface area contributed by atoms with Gasteiger partial charge in [-0.15, -0.1) is 0 Å². The van der Waals surface area contributed by atoms with Gasteiger partial charge in [-0.1, -0.05) is 42.1 Å². The number of nitrogens with two attached hydrogens (primary N) is 1. The normalized spacial score (nSPS) is 11.5. The maximum absolute atomic E-state index is 12.4. The van der Waals surface area contributed by atoms with Crippen LogP contribution in [0.15, 0.2) is 41.7 Å². The highest BCUT2D eigenvalue weighted by molar-refractivity contribution is 8.00. The number of hydrogen-bond donors (Lipinski definition) is 1. The Labute approximate surface area is 139 Å². The fraction of sp³-hybridized carbons (Fsp3) is 0.250. The minimum absolute atomic E-state index is 0.0228. The minimum atomic E-state index is -0.351. The van der Waals surface area contributed by atoms with Gasteiger partial charge in [0.25, 0.3) is 0 Å².